The van der Waals surface area contributed by atoms with Crippen LogP contribution in [0.5, 0.6) is 0 Å². The fraction of sp³-hybridized carbons (Fsp3) is 0.923. The second kappa shape index (κ2) is 33.8. The molecule has 0 unspecified atom stereocenters. The summed E-state index contributed by atoms with van der Waals surface area (Å²) < 4.78 is 0. The first-order valence-electron chi connectivity index (χ1n) is 12.9. The van der Waals surface area contributed by atoms with E-state index in [0.29, 0.717) is 0 Å². The molecule has 31 heavy (non-hydrogen) atoms. The Hall–Kier alpha value is -0.843. The number of hydrogen-bond donors (Lipinski definition) is 0. The van der Waals surface area contributed by atoms with E-state index in [1.165, 1.54) is 89.9 Å². The van der Waals surface area contributed by atoms with E-state index in [2.05, 4.69) is 26.9 Å². The Labute approximate surface area is 196 Å². The zero-order chi connectivity index (χ0) is 24.0. The molecule has 0 aromatic carbocycles. The molecule has 0 bridgehead atoms. The zero-order valence-corrected chi connectivity index (χ0v) is 22.3. The highest BCUT2D eigenvalue weighted by molar-refractivity contribution is 6.31. The maximum absolute atomic E-state index is 10.1. The molecule has 0 rings (SSSR count). The van der Waals surface area contributed by atoms with Crippen molar-refractivity contribution < 1.29 is 19.8 Å². The minimum atomic E-state index is -0.909. The first kappa shape index (κ1) is 34.8. The van der Waals surface area contributed by atoms with Gasteiger partial charge in [0, 0.05) is 11.9 Å². The van der Waals surface area contributed by atoms with Gasteiger partial charge in [0.25, 0.3) is 0 Å². The Morgan fingerprint density at radius 1 is 0.484 bits per heavy atom. The van der Waals surface area contributed by atoms with E-state index in [1.54, 1.807) is 0 Å². The van der Waals surface area contributed by atoms with E-state index in [4.69, 9.17) is 0 Å². The first-order chi connectivity index (χ1) is 15.0. The van der Waals surface area contributed by atoms with Crippen molar-refractivity contribution in [2.45, 2.75) is 155 Å². The summed E-state index contributed by atoms with van der Waals surface area (Å²) in [7, 11) is 1.08. The van der Waals surface area contributed by atoms with Crippen LogP contribution >= 0.6 is 0 Å². The topological polar surface area (TPSA) is 80.3 Å². The molecule has 0 N–H and O–H groups in total. The number of carboxylic acids is 2. The quantitative estimate of drug-likeness (QED) is 0.164. The summed E-state index contributed by atoms with van der Waals surface area (Å²) in [6.45, 7) is 8.75. The Bertz CT molecular complexity index is 316. The predicted molar refractivity (Wildman–Crippen MR) is 131 cm³/mol. The van der Waals surface area contributed by atoms with E-state index >= 15 is 0 Å². The SMILES string of the molecule is CCCCCCCCCCCC(=O)[O-].CCCCCCCCCCCC(=O)[O-].C[Si+2]C. The Kier molecular flexibility index (Phi) is 37.9. The fourth-order valence-electron chi connectivity index (χ4n) is 3.16. The summed E-state index contributed by atoms with van der Waals surface area (Å²) in [5.74, 6) is -1.82. The summed E-state index contributed by atoms with van der Waals surface area (Å²) in [5, 5.41) is 20.2. The van der Waals surface area contributed by atoms with Gasteiger partial charge in [0.2, 0.25) is 13.1 Å². The smallest absolute Gasteiger partial charge is 0.550 e. The highest BCUT2D eigenvalue weighted by atomic mass is 28.2. The number of carbonyl (C=O) groups is 2. The summed E-state index contributed by atoms with van der Waals surface area (Å²) in [6.07, 6.45) is 22.3. The number of hydrogen-bond acceptors (Lipinski definition) is 4. The lowest BCUT2D eigenvalue weighted by Crippen LogP contribution is -2.21. The maximum Gasteiger partial charge on any atom is 0.895 e. The minimum absolute atomic E-state index is 0.232. The van der Waals surface area contributed by atoms with Crippen LogP contribution in [0.3, 0.4) is 0 Å². The molecule has 184 valence electrons. The molecule has 0 atom stereocenters. The van der Waals surface area contributed by atoms with Gasteiger partial charge in [-0.3, -0.25) is 0 Å². The molecule has 0 fully saturated rings. The van der Waals surface area contributed by atoms with E-state index < -0.39 is 11.9 Å². The van der Waals surface area contributed by atoms with Gasteiger partial charge in [-0.1, -0.05) is 117 Å². The summed E-state index contributed by atoms with van der Waals surface area (Å²) in [5.41, 5.74) is 0. The van der Waals surface area contributed by atoms with Gasteiger partial charge in [0.1, 0.15) is 0 Å². The number of rotatable bonds is 20. The van der Waals surface area contributed by atoms with Crippen LogP contribution in [0.25, 0.3) is 0 Å². The fourth-order valence-corrected chi connectivity index (χ4v) is 3.16. The van der Waals surface area contributed by atoms with E-state index in [9.17, 15) is 19.8 Å². The van der Waals surface area contributed by atoms with Crippen LogP contribution in [0.15, 0.2) is 0 Å². The zero-order valence-electron chi connectivity index (χ0n) is 21.3. The molecule has 5 heteroatoms. The summed E-state index contributed by atoms with van der Waals surface area (Å²) in [4.78, 5) is 20.2. The monoisotopic (exact) mass is 456 g/mol. The van der Waals surface area contributed by atoms with Crippen molar-refractivity contribution in [1.29, 1.82) is 0 Å². The maximum atomic E-state index is 10.1. The van der Waals surface area contributed by atoms with Crippen LogP contribution in [0.4, 0.5) is 0 Å². The lowest BCUT2D eigenvalue weighted by atomic mass is 10.1. The third-order valence-corrected chi connectivity index (χ3v) is 4.97. The molecule has 0 heterocycles. The largest absolute Gasteiger partial charge is 0.895 e. The van der Waals surface area contributed by atoms with Crippen LogP contribution in [0.1, 0.15) is 142 Å². The Morgan fingerprint density at radius 2 is 0.677 bits per heavy atom. The summed E-state index contributed by atoms with van der Waals surface area (Å²) >= 11 is 0. The normalized spacial score (nSPS) is 9.68. The van der Waals surface area contributed by atoms with Crippen molar-refractivity contribution in [1.82, 2.24) is 0 Å². The van der Waals surface area contributed by atoms with Crippen molar-refractivity contribution in [3.05, 3.63) is 0 Å². The van der Waals surface area contributed by atoms with Crippen molar-refractivity contribution >= 4 is 21.5 Å². The molecule has 0 aliphatic carbocycles. The van der Waals surface area contributed by atoms with Crippen LogP contribution in [-0.2, 0) is 9.59 Å². The third kappa shape index (κ3) is 48.0. The Morgan fingerprint density at radius 3 is 0.871 bits per heavy atom. The van der Waals surface area contributed by atoms with Gasteiger partial charge >= 0.3 is 9.52 Å². The molecule has 0 aromatic rings. The van der Waals surface area contributed by atoms with E-state index in [-0.39, 0.29) is 12.8 Å². The number of carbonyl (C=O) groups excluding carboxylic acids is 2. The van der Waals surface area contributed by atoms with Crippen molar-refractivity contribution in [2.24, 2.45) is 0 Å². The van der Waals surface area contributed by atoms with Gasteiger partial charge in [-0.15, -0.1) is 0 Å². The van der Waals surface area contributed by atoms with Gasteiger partial charge < -0.3 is 19.8 Å². The molecular weight excluding hydrogens is 404 g/mol. The average Bonchev–Trinajstić information content (AvgIpc) is 2.72. The molecule has 0 aliphatic rings. The van der Waals surface area contributed by atoms with Gasteiger partial charge in [-0.25, -0.2) is 0 Å². The van der Waals surface area contributed by atoms with Gasteiger partial charge in [0.15, 0.2) is 0 Å². The molecule has 0 radical (unpaired) electrons. The van der Waals surface area contributed by atoms with Crippen LogP contribution in [0, 0.1) is 0 Å². The molecule has 4 nitrogen and oxygen atoms in total. The third-order valence-electron chi connectivity index (χ3n) is 4.97. The Balaban J connectivity index is -0.000000448. The second-order valence-corrected chi connectivity index (χ2v) is 9.40. The van der Waals surface area contributed by atoms with Gasteiger partial charge in [-0.2, -0.15) is 0 Å². The van der Waals surface area contributed by atoms with Crippen molar-refractivity contribution in [2.75, 3.05) is 0 Å². The number of unbranched alkanes of at least 4 members (excludes halogenated alkanes) is 16. The molecule has 0 spiro atoms. The van der Waals surface area contributed by atoms with E-state index in [0.717, 1.165) is 35.2 Å². The molecule has 0 aromatic heterocycles. The van der Waals surface area contributed by atoms with Crippen molar-refractivity contribution in [3.8, 4) is 0 Å². The first-order valence-corrected chi connectivity index (χ1v) is 14.9. The highest BCUT2D eigenvalue weighted by Crippen LogP contribution is 2.11. The molecule has 0 aliphatic heterocycles. The average molecular weight is 457 g/mol. The minimum Gasteiger partial charge on any atom is -0.550 e. The highest BCUT2D eigenvalue weighted by Gasteiger charge is 2.02. The molecule has 0 saturated heterocycles. The van der Waals surface area contributed by atoms with Crippen LogP contribution in [-0.4, -0.2) is 21.5 Å². The van der Waals surface area contributed by atoms with Crippen LogP contribution < -0.4 is 10.2 Å². The van der Waals surface area contributed by atoms with Gasteiger partial charge in [-0.05, 0) is 25.7 Å². The standard InChI is InChI=1S/2C12H24O2.C2H6Si/c2*1-2-3-4-5-6-7-8-9-10-11-12(13)14;1-3-2/h2*2-11H2,1H3,(H,13,14);1-2H3/q;;+2/p-2. The molecule has 0 saturated carbocycles. The molecule has 0 amide bonds. The predicted octanol–water partition coefficient (Wildman–Crippen LogP) is 6.10. The lowest BCUT2D eigenvalue weighted by Gasteiger charge is -2.02. The summed E-state index contributed by atoms with van der Waals surface area (Å²) in [6, 6.07) is 0. The number of aliphatic carboxylic acids is 2. The number of carboxylic acid groups (broad SMARTS) is 2. The van der Waals surface area contributed by atoms with Gasteiger partial charge in [0.05, 0.1) is 0 Å². The van der Waals surface area contributed by atoms with Crippen LogP contribution in [0.2, 0.25) is 13.1 Å². The van der Waals surface area contributed by atoms with Crippen molar-refractivity contribution in [3.63, 3.8) is 0 Å². The second-order valence-electron chi connectivity index (χ2n) is 8.40. The van der Waals surface area contributed by atoms with E-state index in [1.807, 2.05) is 0 Å². The lowest BCUT2D eigenvalue weighted by molar-refractivity contribution is -0.307. The molecular formula is C26H52O4Si.